The van der Waals surface area contributed by atoms with Crippen molar-refractivity contribution in [3.63, 3.8) is 0 Å². The van der Waals surface area contributed by atoms with E-state index in [0.29, 0.717) is 11.4 Å². The van der Waals surface area contributed by atoms with Gasteiger partial charge in [-0.3, -0.25) is 0 Å². The third-order valence-electron chi connectivity index (χ3n) is 2.77. The molecule has 0 aromatic carbocycles. The summed E-state index contributed by atoms with van der Waals surface area (Å²) in [5.41, 5.74) is 0.946. The number of fused-ring (bicyclic) bond motifs is 1. The number of aromatic nitrogens is 2. The summed E-state index contributed by atoms with van der Waals surface area (Å²) in [7, 11) is 2.24. The van der Waals surface area contributed by atoms with E-state index in [1.54, 1.807) is 18.5 Å². The van der Waals surface area contributed by atoms with Crippen LogP contribution in [0, 0.1) is 0 Å². The summed E-state index contributed by atoms with van der Waals surface area (Å²) < 4.78 is 15.4. The zero-order valence-corrected chi connectivity index (χ0v) is 9.73. The number of nitrogens with zero attached hydrogens (tertiary/aromatic N) is 2. The molecule has 0 N–H and O–H groups in total. The lowest BCUT2D eigenvalue weighted by molar-refractivity contribution is 0.422. The summed E-state index contributed by atoms with van der Waals surface area (Å²) in [6.07, 6.45) is 4.03. The molecule has 0 spiro atoms. The number of alkyl halides is 1. The first-order valence-corrected chi connectivity index (χ1v) is 5.64. The van der Waals surface area contributed by atoms with Crippen LogP contribution in [0.25, 0.3) is 5.52 Å². The number of imidazole rings is 1. The van der Waals surface area contributed by atoms with Crippen LogP contribution < -0.4 is 0 Å². The zero-order valence-electron chi connectivity index (χ0n) is 7.82. The van der Waals surface area contributed by atoms with Gasteiger partial charge in [-0.15, -0.1) is 0 Å². The van der Waals surface area contributed by atoms with E-state index in [9.17, 15) is 4.39 Å². The minimum atomic E-state index is -1.18. The standard InChI is InChI=1S/C10H9ClFN2P/c11-6-1-2-7-4-13-9(14(7)5-6)8-3-10(8,12)15/h1-2,4-5,8H,3,15H2. The Kier molecular flexibility index (Phi) is 1.87. The van der Waals surface area contributed by atoms with Gasteiger partial charge in [0.25, 0.3) is 0 Å². The first-order chi connectivity index (χ1) is 7.08. The SMILES string of the molecule is FC1(P)CC1c1ncc2ccc(Cl)cn12. The molecular weight excluding hydrogens is 234 g/mol. The summed E-state index contributed by atoms with van der Waals surface area (Å²) in [6.45, 7) is 0. The molecule has 1 fully saturated rings. The van der Waals surface area contributed by atoms with Crippen LogP contribution in [-0.4, -0.2) is 14.8 Å². The van der Waals surface area contributed by atoms with Crippen molar-refractivity contribution in [3.05, 3.63) is 35.4 Å². The van der Waals surface area contributed by atoms with Gasteiger partial charge < -0.3 is 4.40 Å². The van der Waals surface area contributed by atoms with Crippen LogP contribution in [0.4, 0.5) is 4.39 Å². The third kappa shape index (κ3) is 1.45. The average Bonchev–Trinajstić information content (AvgIpc) is 2.64. The van der Waals surface area contributed by atoms with Gasteiger partial charge in [0.1, 0.15) is 11.2 Å². The highest BCUT2D eigenvalue weighted by Crippen LogP contribution is 2.58. The fraction of sp³-hybridized carbons (Fsp3) is 0.300. The molecule has 78 valence electrons. The topological polar surface area (TPSA) is 17.3 Å². The fourth-order valence-corrected chi connectivity index (χ4v) is 2.35. The highest BCUT2D eigenvalue weighted by Gasteiger charge is 2.54. The molecule has 1 aliphatic rings. The van der Waals surface area contributed by atoms with Crippen LogP contribution in [0.2, 0.25) is 5.02 Å². The molecule has 2 aromatic rings. The number of hydrogen-bond donors (Lipinski definition) is 0. The molecule has 5 heteroatoms. The predicted octanol–water partition coefficient (Wildman–Crippen LogP) is 3.02. The van der Waals surface area contributed by atoms with E-state index in [-0.39, 0.29) is 5.92 Å². The number of pyridine rings is 1. The quantitative estimate of drug-likeness (QED) is 0.703. The van der Waals surface area contributed by atoms with Crippen molar-refractivity contribution in [2.75, 3.05) is 0 Å². The molecule has 2 aromatic heterocycles. The maximum Gasteiger partial charge on any atom is 0.134 e. The van der Waals surface area contributed by atoms with Gasteiger partial charge >= 0.3 is 0 Å². The summed E-state index contributed by atoms with van der Waals surface area (Å²) in [4.78, 5) is 4.25. The Balaban J connectivity index is 2.16. The smallest absolute Gasteiger partial charge is 0.134 e. The van der Waals surface area contributed by atoms with E-state index in [0.717, 1.165) is 11.3 Å². The molecule has 0 aliphatic heterocycles. The highest BCUT2D eigenvalue weighted by atomic mass is 35.5. The van der Waals surface area contributed by atoms with Gasteiger partial charge in [0, 0.05) is 6.20 Å². The van der Waals surface area contributed by atoms with Gasteiger partial charge in [0.15, 0.2) is 0 Å². The molecule has 3 unspecified atom stereocenters. The van der Waals surface area contributed by atoms with Crippen LogP contribution in [0.5, 0.6) is 0 Å². The normalized spacial score (nSPS) is 29.7. The van der Waals surface area contributed by atoms with E-state index in [2.05, 4.69) is 14.2 Å². The Morgan fingerprint density at radius 3 is 3.00 bits per heavy atom. The van der Waals surface area contributed by atoms with Crippen LogP contribution in [0.15, 0.2) is 24.5 Å². The van der Waals surface area contributed by atoms with Gasteiger partial charge in [-0.1, -0.05) is 20.8 Å². The van der Waals surface area contributed by atoms with Crippen molar-refractivity contribution >= 4 is 26.4 Å². The molecule has 1 aliphatic carbocycles. The van der Waals surface area contributed by atoms with Crippen LogP contribution in [0.3, 0.4) is 0 Å². The Morgan fingerprint density at radius 1 is 1.60 bits per heavy atom. The van der Waals surface area contributed by atoms with Crippen molar-refractivity contribution in [3.8, 4) is 0 Å². The second kappa shape index (κ2) is 2.93. The predicted molar refractivity (Wildman–Crippen MR) is 61.1 cm³/mol. The monoisotopic (exact) mass is 242 g/mol. The van der Waals surface area contributed by atoms with Gasteiger partial charge in [-0.25, -0.2) is 9.37 Å². The Hall–Kier alpha value is -0.660. The van der Waals surface area contributed by atoms with Crippen molar-refractivity contribution in [1.82, 2.24) is 9.38 Å². The molecule has 3 rings (SSSR count). The van der Waals surface area contributed by atoms with E-state index >= 15 is 0 Å². The van der Waals surface area contributed by atoms with E-state index < -0.39 is 5.41 Å². The Morgan fingerprint density at radius 2 is 2.33 bits per heavy atom. The first kappa shape index (κ1) is 9.56. The van der Waals surface area contributed by atoms with E-state index in [4.69, 9.17) is 11.6 Å². The molecule has 0 bridgehead atoms. The molecule has 2 heterocycles. The maximum absolute atomic E-state index is 13.5. The lowest BCUT2D eigenvalue weighted by atomic mass is 10.4. The highest BCUT2D eigenvalue weighted by molar-refractivity contribution is 7.19. The van der Waals surface area contributed by atoms with Crippen LogP contribution in [0.1, 0.15) is 18.2 Å². The maximum atomic E-state index is 13.5. The molecule has 0 saturated heterocycles. The number of halogens is 2. The molecule has 3 atom stereocenters. The minimum Gasteiger partial charge on any atom is -0.302 e. The van der Waals surface area contributed by atoms with Gasteiger partial charge in [0.05, 0.1) is 22.7 Å². The second-order valence-electron chi connectivity index (χ2n) is 3.94. The van der Waals surface area contributed by atoms with Crippen molar-refractivity contribution in [2.45, 2.75) is 17.7 Å². The number of hydrogen-bond acceptors (Lipinski definition) is 1. The second-order valence-corrected chi connectivity index (χ2v) is 5.34. The molecular formula is C10H9ClFN2P. The molecule has 0 radical (unpaired) electrons. The largest absolute Gasteiger partial charge is 0.302 e. The average molecular weight is 243 g/mol. The van der Waals surface area contributed by atoms with Crippen molar-refractivity contribution in [2.24, 2.45) is 0 Å². The lowest BCUT2D eigenvalue weighted by Crippen LogP contribution is -1.97. The van der Waals surface area contributed by atoms with E-state index in [1.807, 2.05) is 10.5 Å². The van der Waals surface area contributed by atoms with Crippen LogP contribution in [-0.2, 0) is 0 Å². The Labute approximate surface area is 93.7 Å². The first-order valence-electron chi connectivity index (χ1n) is 4.68. The van der Waals surface area contributed by atoms with Crippen molar-refractivity contribution < 1.29 is 4.39 Å². The molecule has 0 amide bonds. The minimum absolute atomic E-state index is 0.122. The molecule has 15 heavy (non-hydrogen) atoms. The fourth-order valence-electron chi connectivity index (χ4n) is 1.80. The third-order valence-corrected chi connectivity index (χ3v) is 3.63. The van der Waals surface area contributed by atoms with Gasteiger partial charge in [0.2, 0.25) is 0 Å². The van der Waals surface area contributed by atoms with Crippen LogP contribution >= 0.6 is 20.8 Å². The summed E-state index contributed by atoms with van der Waals surface area (Å²) >= 11 is 5.90. The van der Waals surface area contributed by atoms with E-state index in [1.165, 1.54) is 0 Å². The summed E-state index contributed by atoms with van der Waals surface area (Å²) in [6, 6.07) is 3.68. The van der Waals surface area contributed by atoms with Crippen molar-refractivity contribution in [1.29, 1.82) is 0 Å². The van der Waals surface area contributed by atoms with Gasteiger partial charge in [-0.05, 0) is 18.6 Å². The number of rotatable bonds is 1. The van der Waals surface area contributed by atoms with Gasteiger partial charge in [-0.2, -0.15) is 0 Å². The Bertz CT molecular complexity index is 537. The zero-order chi connectivity index (χ0) is 10.6. The summed E-state index contributed by atoms with van der Waals surface area (Å²) in [5.74, 6) is 0.633. The molecule has 1 saturated carbocycles. The molecule has 2 nitrogen and oxygen atoms in total. The lowest BCUT2D eigenvalue weighted by Gasteiger charge is -2.01. The summed E-state index contributed by atoms with van der Waals surface area (Å²) in [5, 5.41) is -0.542.